The van der Waals surface area contributed by atoms with Gasteiger partial charge in [0.15, 0.2) is 0 Å². The first-order valence-corrected chi connectivity index (χ1v) is 7.20. The lowest BCUT2D eigenvalue weighted by Crippen LogP contribution is -2.30. The van der Waals surface area contributed by atoms with E-state index in [4.69, 9.17) is 0 Å². The summed E-state index contributed by atoms with van der Waals surface area (Å²) in [6.07, 6.45) is -2.81. The summed E-state index contributed by atoms with van der Waals surface area (Å²) in [4.78, 5) is 23.1. The van der Waals surface area contributed by atoms with E-state index in [2.05, 4.69) is 20.1 Å². The first-order chi connectivity index (χ1) is 11.7. The number of benzene rings is 1. The molecule has 0 atom stereocenters. The van der Waals surface area contributed by atoms with Crippen LogP contribution in [0.5, 0.6) is 0 Å². The van der Waals surface area contributed by atoms with Crippen LogP contribution >= 0.6 is 0 Å². The highest BCUT2D eigenvalue weighted by atomic mass is 19.4. The van der Waals surface area contributed by atoms with Crippen LogP contribution in [0.1, 0.15) is 28.8 Å². The summed E-state index contributed by atoms with van der Waals surface area (Å²) in [5.74, 6) is -0.905. The fourth-order valence-electron chi connectivity index (χ4n) is 1.99. The molecule has 1 aliphatic heterocycles. The summed E-state index contributed by atoms with van der Waals surface area (Å²) >= 11 is 0. The van der Waals surface area contributed by atoms with Crippen molar-refractivity contribution < 1.29 is 27.5 Å². The molecule has 1 amide bonds. The number of hydrazone groups is 1. The van der Waals surface area contributed by atoms with E-state index in [-0.39, 0.29) is 17.5 Å². The minimum Gasteiger partial charge on any atom is -0.469 e. The van der Waals surface area contributed by atoms with E-state index < -0.39 is 23.7 Å². The van der Waals surface area contributed by atoms with Crippen molar-refractivity contribution >= 4 is 18.1 Å². The van der Waals surface area contributed by atoms with Gasteiger partial charge in [0, 0.05) is 24.4 Å². The fourth-order valence-corrected chi connectivity index (χ4v) is 1.99. The number of nitrogens with zero attached hydrogens (tertiary/aromatic N) is 4. The second-order valence-corrected chi connectivity index (χ2v) is 5.19. The Labute approximate surface area is 141 Å². The predicted octanol–water partition coefficient (Wildman–Crippen LogP) is 2.88. The molecule has 0 saturated heterocycles. The number of esters is 1. The molecule has 0 aliphatic carbocycles. The minimum absolute atomic E-state index is 0.128. The molecule has 0 spiro atoms. The first kappa shape index (κ1) is 18.6. The van der Waals surface area contributed by atoms with Crippen LogP contribution in [0.15, 0.2) is 39.6 Å². The highest BCUT2D eigenvalue weighted by Gasteiger charge is 2.65. The van der Waals surface area contributed by atoms with E-state index in [0.29, 0.717) is 6.42 Å². The Morgan fingerprint density at radius 3 is 2.36 bits per heavy atom. The number of halogens is 3. The van der Waals surface area contributed by atoms with Crippen molar-refractivity contribution in [1.82, 2.24) is 5.01 Å². The van der Waals surface area contributed by atoms with Crippen LogP contribution in [0.25, 0.3) is 0 Å². The minimum atomic E-state index is -4.61. The van der Waals surface area contributed by atoms with Crippen LogP contribution in [-0.2, 0) is 15.2 Å². The lowest BCUT2D eigenvalue weighted by Gasteiger charge is -2.15. The number of hydrogen-bond donors (Lipinski definition) is 0. The Morgan fingerprint density at radius 2 is 1.88 bits per heavy atom. The lowest BCUT2D eigenvalue weighted by molar-refractivity contribution is -0.166. The molecule has 0 radical (unpaired) electrons. The molecule has 0 unspecified atom stereocenters. The molecule has 1 aromatic carbocycles. The molecule has 1 aromatic rings. The van der Waals surface area contributed by atoms with E-state index in [1.165, 1.54) is 32.5 Å². The highest BCUT2D eigenvalue weighted by Crippen LogP contribution is 2.52. The van der Waals surface area contributed by atoms with Crippen LogP contribution < -0.4 is 0 Å². The Balaban J connectivity index is 1.99. The highest BCUT2D eigenvalue weighted by molar-refractivity contribution is 5.94. The number of amides is 1. The van der Waals surface area contributed by atoms with E-state index in [1.54, 1.807) is 0 Å². The van der Waals surface area contributed by atoms with Gasteiger partial charge in [-0.2, -0.15) is 18.3 Å². The Morgan fingerprint density at radius 1 is 1.28 bits per heavy atom. The van der Waals surface area contributed by atoms with Gasteiger partial charge in [0.05, 0.1) is 13.5 Å². The van der Waals surface area contributed by atoms with Crippen molar-refractivity contribution in [3.05, 3.63) is 35.4 Å². The van der Waals surface area contributed by atoms with Gasteiger partial charge in [-0.15, -0.1) is 10.2 Å². The largest absolute Gasteiger partial charge is 0.469 e. The zero-order valence-corrected chi connectivity index (χ0v) is 13.4. The number of methoxy groups -OCH3 is 1. The SMILES string of the molecule is COC(=O)CCC=NN(C)C(=O)c1ccc(C2(C(F)(F)F)N=N2)cc1. The molecule has 2 rings (SSSR count). The third-order valence-corrected chi connectivity index (χ3v) is 3.48. The zero-order chi connectivity index (χ0) is 18.7. The van der Waals surface area contributed by atoms with Crippen molar-refractivity contribution in [2.75, 3.05) is 14.2 Å². The van der Waals surface area contributed by atoms with Crippen molar-refractivity contribution in [1.29, 1.82) is 0 Å². The number of ether oxygens (including phenoxy) is 1. The molecule has 7 nitrogen and oxygen atoms in total. The number of hydrogen-bond acceptors (Lipinski definition) is 6. The summed E-state index contributed by atoms with van der Waals surface area (Å²) in [6, 6.07) is 4.84. The third kappa shape index (κ3) is 4.01. The standard InChI is InChI=1S/C15H15F3N4O3/c1-22(19-9-3-4-12(23)25-2)13(24)10-5-7-11(8-6-10)14(20-21-14)15(16,17)18/h5-9H,3-4H2,1-2H3. The predicted molar refractivity (Wildman–Crippen MR) is 80.9 cm³/mol. The molecule has 134 valence electrons. The molecule has 10 heteroatoms. The number of alkyl halides is 3. The van der Waals surface area contributed by atoms with Crippen molar-refractivity contribution in [2.45, 2.75) is 24.7 Å². The summed E-state index contributed by atoms with van der Waals surface area (Å²) in [6.45, 7) is 0. The molecule has 1 heterocycles. The van der Waals surface area contributed by atoms with Crippen LogP contribution in [0.3, 0.4) is 0 Å². The Hall–Kier alpha value is -2.78. The van der Waals surface area contributed by atoms with Gasteiger partial charge in [0.25, 0.3) is 5.91 Å². The average molecular weight is 356 g/mol. The monoisotopic (exact) mass is 356 g/mol. The van der Waals surface area contributed by atoms with Gasteiger partial charge >= 0.3 is 17.8 Å². The van der Waals surface area contributed by atoms with Gasteiger partial charge in [0.1, 0.15) is 0 Å². The molecule has 0 saturated carbocycles. The number of carbonyl (C=O) groups excluding carboxylic acids is 2. The van der Waals surface area contributed by atoms with Crippen LogP contribution in [0, 0.1) is 0 Å². The van der Waals surface area contributed by atoms with Gasteiger partial charge in [-0.25, -0.2) is 5.01 Å². The van der Waals surface area contributed by atoms with E-state index >= 15 is 0 Å². The van der Waals surface area contributed by atoms with Crippen LogP contribution in [0.2, 0.25) is 0 Å². The fraction of sp³-hybridized carbons (Fsp3) is 0.400. The van der Waals surface area contributed by atoms with Gasteiger partial charge in [-0.1, -0.05) is 12.1 Å². The van der Waals surface area contributed by atoms with Gasteiger partial charge in [0.2, 0.25) is 0 Å². The van der Waals surface area contributed by atoms with E-state index in [9.17, 15) is 22.8 Å². The summed E-state index contributed by atoms with van der Waals surface area (Å²) in [7, 11) is 2.66. The number of carbonyl (C=O) groups is 2. The molecule has 0 fully saturated rings. The second kappa shape index (κ2) is 6.99. The molecule has 0 aromatic heterocycles. The molecule has 1 aliphatic rings. The van der Waals surface area contributed by atoms with Gasteiger partial charge in [-0.3, -0.25) is 9.59 Å². The second-order valence-electron chi connectivity index (χ2n) is 5.19. The molecular weight excluding hydrogens is 341 g/mol. The topological polar surface area (TPSA) is 83.7 Å². The van der Waals surface area contributed by atoms with Crippen molar-refractivity contribution in [3.8, 4) is 0 Å². The van der Waals surface area contributed by atoms with Crippen LogP contribution in [0.4, 0.5) is 13.2 Å². The molecule has 0 bridgehead atoms. The quantitative estimate of drug-likeness (QED) is 0.446. The smallest absolute Gasteiger partial charge is 0.442 e. The Bertz CT molecular complexity index is 708. The number of rotatable bonds is 6. The maximum Gasteiger partial charge on any atom is 0.442 e. The normalized spacial score (nSPS) is 15.2. The maximum absolute atomic E-state index is 12.9. The summed E-state index contributed by atoms with van der Waals surface area (Å²) < 4.78 is 43.2. The zero-order valence-electron chi connectivity index (χ0n) is 13.4. The molecular formula is C15H15F3N4O3. The first-order valence-electron chi connectivity index (χ1n) is 7.20. The molecule has 25 heavy (non-hydrogen) atoms. The van der Waals surface area contributed by atoms with E-state index in [0.717, 1.165) is 17.1 Å². The third-order valence-electron chi connectivity index (χ3n) is 3.48. The van der Waals surface area contributed by atoms with E-state index in [1.807, 2.05) is 0 Å². The van der Waals surface area contributed by atoms with Crippen molar-refractivity contribution in [2.24, 2.45) is 15.3 Å². The van der Waals surface area contributed by atoms with Crippen molar-refractivity contribution in [3.63, 3.8) is 0 Å². The van der Waals surface area contributed by atoms with Gasteiger partial charge in [-0.05, 0) is 18.6 Å². The van der Waals surface area contributed by atoms with Gasteiger partial charge < -0.3 is 4.74 Å². The Kier molecular flexibility index (Phi) is 5.19. The summed E-state index contributed by atoms with van der Waals surface area (Å²) in [5, 5.41) is 11.1. The van der Waals surface area contributed by atoms with Crippen LogP contribution in [-0.4, -0.2) is 43.4 Å². The lowest BCUT2D eigenvalue weighted by atomic mass is 10.0. The summed E-state index contributed by atoms with van der Waals surface area (Å²) in [5.41, 5.74) is -2.50. The maximum atomic E-state index is 12.9. The molecule has 0 N–H and O–H groups in total. The average Bonchev–Trinajstić information content (AvgIpc) is 3.39.